The summed E-state index contributed by atoms with van der Waals surface area (Å²) in [5.41, 5.74) is -5.55. The van der Waals surface area contributed by atoms with Gasteiger partial charge < -0.3 is 9.11 Å². The molecule has 14 heteroatoms. The highest BCUT2D eigenvalue weighted by atomic mass is 32.3. The molecule has 126 valence electrons. The van der Waals surface area contributed by atoms with Crippen molar-refractivity contribution in [3.63, 3.8) is 0 Å². The Kier molecular flexibility index (Phi) is 6.14. The molecule has 0 aromatic heterocycles. The fourth-order valence-electron chi connectivity index (χ4n) is 1.47. The fourth-order valence-corrected chi connectivity index (χ4v) is 5.30. The van der Waals surface area contributed by atoms with Crippen molar-refractivity contribution in [2.24, 2.45) is 0 Å². The van der Waals surface area contributed by atoms with E-state index in [1.54, 1.807) is 0 Å². The monoisotopic (exact) mass is 378 g/mol. The molecule has 0 aliphatic carbocycles. The molecule has 1 saturated heterocycles. The van der Waals surface area contributed by atoms with E-state index in [0.29, 0.717) is 27.7 Å². The molecule has 1 fully saturated rings. The van der Waals surface area contributed by atoms with Crippen LogP contribution in [0.4, 0.5) is 22.0 Å². The third-order valence-electron chi connectivity index (χ3n) is 2.46. The van der Waals surface area contributed by atoms with Gasteiger partial charge in [0.05, 0.1) is 0 Å². The van der Waals surface area contributed by atoms with Gasteiger partial charge in [-0.1, -0.05) is 6.42 Å². The summed E-state index contributed by atoms with van der Waals surface area (Å²) in [5.74, 6) is 0. The van der Waals surface area contributed by atoms with Gasteiger partial charge in [-0.2, -0.15) is 8.42 Å². The van der Waals surface area contributed by atoms with Crippen LogP contribution in [0, 0.1) is 0 Å². The number of rotatable bonds is 5. The number of hydrogen-bond acceptors (Lipinski definition) is 5. The normalized spacial score (nSPS) is 22.0. The third-order valence-corrected chi connectivity index (χ3v) is 7.32. The molecule has 0 spiro atoms. The van der Waals surface area contributed by atoms with Crippen molar-refractivity contribution in [3.8, 4) is 0 Å². The quantitative estimate of drug-likeness (QED) is 0.564. The first-order chi connectivity index (χ1) is 9.39. The Labute approximate surface area is 123 Å². The number of alkyl halides is 5. The second kappa shape index (κ2) is 6.72. The Morgan fingerprint density at radius 2 is 1.48 bits per heavy atom. The van der Waals surface area contributed by atoms with E-state index in [2.05, 4.69) is 0 Å². The summed E-state index contributed by atoms with van der Waals surface area (Å²) >= 11 is -7.63. The van der Waals surface area contributed by atoms with Crippen LogP contribution >= 0.6 is 0 Å². The lowest BCUT2D eigenvalue weighted by molar-refractivity contribution is -0.0441. The van der Waals surface area contributed by atoms with Gasteiger partial charge in [0.15, 0.2) is 11.4 Å². The summed E-state index contributed by atoms with van der Waals surface area (Å²) in [6.45, 7) is -0.139. The molecule has 0 radical (unpaired) electrons. The van der Waals surface area contributed by atoms with E-state index in [1.807, 2.05) is 0 Å². The molecule has 1 heterocycles. The van der Waals surface area contributed by atoms with Crippen molar-refractivity contribution in [1.29, 1.82) is 0 Å². The Morgan fingerprint density at radius 1 is 1.00 bits per heavy atom. The van der Waals surface area contributed by atoms with Gasteiger partial charge in [0.2, 0.25) is 0 Å². The summed E-state index contributed by atoms with van der Waals surface area (Å²) < 4.78 is 104. The molecular formula is C7H11F5N2O4S3. The Morgan fingerprint density at radius 3 is 1.90 bits per heavy atom. The van der Waals surface area contributed by atoms with Crippen LogP contribution in [0.2, 0.25) is 0 Å². The van der Waals surface area contributed by atoms with Crippen LogP contribution in [0.15, 0.2) is 0 Å². The van der Waals surface area contributed by atoms with Gasteiger partial charge >= 0.3 is 20.1 Å². The summed E-state index contributed by atoms with van der Waals surface area (Å²) in [4.78, 5) is 0. The molecule has 2 unspecified atom stereocenters. The molecule has 21 heavy (non-hydrogen) atoms. The maximum atomic E-state index is 13.6. The molecule has 2 atom stereocenters. The smallest absolute Gasteiger partial charge is 0.592 e. The summed E-state index contributed by atoms with van der Waals surface area (Å²) in [6.07, 6.45) is 1.50. The standard InChI is InChI=1S/C7H11F5N2O4S3/c8-6(9,10)19(15)13-21(17,18)7(11,12)20(16)14-4-2-1-3-5-14/h13H,1-5H2. The van der Waals surface area contributed by atoms with Crippen molar-refractivity contribution in [1.82, 2.24) is 8.43 Å². The van der Waals surface area contributed by atoms with Gasteiger partial charge in [-0.3, -0.25) is 0 Å². The highest BCUT2D eigenvalue weighted by Gasteiger charge is 2.64. The average molecular weight is 378 g/mol. The SMILES string of the molecule is O=S(=O)(N[S+]([O-])C(F)(F)F)C(F)(F)[S+]([O-])N1CCCCC1. The van der Waals surface area contributed by atoms with E-state index in [4.69, 9.17) is 0 Å². The lowest BCUT2D eigenvalue weighted by atomic mass is 10.2. The number of sulfonamides is 1. The lowest BCUT2D eigenvalue weighted by Gasteiger charge is -2.30. The van der Waals surface area contributed by atoms with Gasteiger partial charge in [0, 0.05) is 13.1 Å². The zero-order chi connectivity index (χ0) is 16.5. The van der Waals surface area contributed by atoms with Gasteiger partial charge in [-0.15, -0.1) is 26.3 Å². The van der Waals surface area contributed by atoms with Gasteiger partial charge in [0.25, 0.3) is 0 Å². The van der Waals surface area contributed by atoms with Crippen molar-refractivity contribution >= 4 is 32.7 Å². The maximum Gasteiger partial charge on any atom is 0.593 e. The van der Waals surface area contributed by atoms with Crippen LogP contribution < -0.4 is 4.13 Å². The second-order valence-electron chi connectivity index (χ2n) is 4.00. The minimum atomic E-state index is -6.04. The number of nitrogens with one attached hydrogen (secondary N) is 1. The number of hydrogen-bond donors (Lipinski definition) is 1. The zero-order valence-electron chi connectivity index (χ0n) is 10.2. The van der Waals surface area contributed by atoms with E-state index in [1.165, 1.54) is 0 Å². The molecule has 0 saturated carbocycles. The van der Waals surface area contributed by atoms with Gasteiger partial charge in [-0.05, 0) is 17.0 Å². The average Bonchev–Trinajstić information content (AvgIpc) is 2.37. The van der Waals surface area contributed by atoms with Crippen molar-refractivity contribution in [3.05, 3.63) is 0 Å². The third kappa shape index (κ3) is 4.56. The Hall–Kier alpha value is 0.140. The van der Waals surface area contributed by atoms with E-state index in [-0.39, 0.29) is 13.1 Å². The molecule has 1 aliphatic heterocycles. The predicted molar refractivity (Wildman–Crippen MR) is 64.8 cm³/mol. The van der Waals surface area contributed by atoms with Crippen LogP contribution in [0.5, 0.6) is 0 Å². The Bertz CT molecular complexity index is 454. The maximum absolute atomic E-state index is 13.6. The second-order valence-corrected chi connectivity index (χ2v) is 8.98. The molecule has 0 aromatic rings. The predicted octanol–water partition coefficient (Wildman–Crippen LogP) is 0.789. The minimum Gasteiger partial charge on any atom is -0.592 e. The van der Waals surface area contributed by atoms with Crippen LogP contribution in [-0.2, 0) is 32.7 Å². The first-order valence-electron chi connectivity index (χ1n) is 5.45. The zero-order valence-corrected chi connectivity index (χ0v) is 12.7. The van der Waals surface area contributed by atoms with Gasteiger partial charge in [0.1, 0.15) is 11.4 Å². The molecule has 1 aliphatic rings. The topological polar surface area (TPSA) is 95.5 Å². The molecule has 0 aromatic carbocycles. The summed E-state index contributed by atoms with van der Waals surface area (Å²) in [7, 11) is -6.04. The molecule has 0 bridgehead atoms. The van der Waals surface area contributed by atoms with E-state index in [9.17, 15) is 39.5 Å². The van der Waals surface area contributed by atoms with Crippen LogP contribution in [0.3, 0.4) is 0 Å². The Balaban J connectivity index is 2.88. The van der Waals surface area contributed by atoms with Crippen LogP contribution in [-0.4, -0.2) is 45.0 Å². The van der Waals surface area contributed by atoms with Crippen LogP contribution in [0.1, 0.15) is 19.3 Å². The van der Waals surface area contributed by atoms with Crippen molar-refractivity contribution < 1.29 is 39.5 Å². The fraction of sp³-hybridized carbons (Fsp3) is 1.00. The summed E-state index contributed by atoms with van der Waals surface area (Å²) in [6, 6.07) is 0. The summed E-state index contributed by atoms with van der Waals surface area (Å²) in [5, 5.41) is 0. The van der Waals surface area contributed by atoms with Crippen molar-refractivity contribution in [2.75, 3.05) is 13.1 Å². The number of piperidine rings is 1. The molecule has 0 amide bonds. The minimum absolute atomic E-state index is 0.0694. The molecule has 1 rings (SSSR count). The molecular weight excluding hydrogens is 367 g/mol. The van der Waals surface area contributed by atoms with Crippen LogP contribution in [0.25, 0.3) is 0 Å². The van der Waals surface area contributed by atoms with Gasteiger partial charge in [-0.25, -0.2) is 0 Å². The lowest BCUT2D eigenvalue weighted by Crippen LogP contribution is -2.55. The number of nitrogens with zero attached hydrogens (tertiary/aromatic N) is 1. The highest BCUT2D eigenvalue weighted by Crippen LogP contribution is 2.34. The van der Waals surface area contributed by atoms with Crippen molar-refractivity contribution in [2.45, 2.75) is 29.4 Å². The van der Waals surface area contributed by atoms with E-state index < -0.39 is 42.8 Å². The molecule has 1 N–H and O–H groups in total. The first-order valence-corrected chi connectivity index (χ1v) is 9.19. The first kappa shape index (κ1) is 19.2. The largest absolute Gasteiger partial charge is 0.593 e. The number of halogens is 5. The molecule has 6 nitrogen and oxygen atoms in total. The highest BCUT2D eigenvalue weighted by molar-refractivity contribution is 8.13. The van der Waals surface area contributed by atoms with E-state index in [0.717, 1.165) is 0 Å². The van der Waals surface area contributed by atoms with E-state index >= 15 is 0 Å².